The summed E-state index contributed by atoms with van der Waals surface area (Å²) in [5.41, 5.74) is 1.87. The summed E-state index contributed by atoms with van der Waals surface area (Å²) in [4.78, 5) is 4.18. The van der Waals surface area contributed by atoms with Crippen LogP contribution in [-0.4, -0.2) is 30.6 Å². The average Bonchev–Trinajstić information content (AvgIpc) is 3.39. The topological polar surface area (TPSA) is 63.8 Å². The largest absolute Gasteiger partial charge is 0.388 e. The summed E-state index contributed by atoms with van der Waals surface area (Å²) in [6.45, 7) is 0. The number of pyridine rings is 1. The molecule has 4 rings (SSSR count). The zero-order valence-electron chi connectivity index (χ0n) is 13.4. The first-order chi connectivity index (χ1) is 12.2. The Labute approximate surface area is 158 Å². The summed E-state index contributed by atoms with van der Waals surface area (Å²) in [7, 11) is 0. The Bertz CT molecular complexity index is 867. The number of nitrogens with zero attached hydrogens (tertiary/aromatic N) is 4. The molecule has 0 radical (unpaired) electrons. The molecule has 0 bridgehead atoms. The molecular weight excluding hydrogens is 400 g/mol. The Morgan fingerprint density at radius 2 is 2.12 bits per heavy atom. The molecule has 1 aromatic carbocycles. The van der Waals surface area contributed by atoms with Gasteiger partial charge >= 0.3 is 0 Å². The summed E-state index contributed by atoms with van der Waals surface area (Å²) >= 11 is 4.99. The van der Waals surface area contributed by atoms with Gasteiger partial charge in [-0.15, -0.1) is 10.2 Å². The quantitative estimate of drug-likeness (QED) is 0.607. The fraction of sp³-hybridized carbons (Fsp3) is 0.278. The summed E-state index contributed by atoms with van der Waals surface area (Å²) in [6, 6.07) is 12.1. The van der Waals surface area contributed by atoms with E-state index in [1.807, 2.05) is 42.6 Å². The van der Waals surface area contributed by atoms with E-state index in [0.717, 1.165) is 39.4 Å². The van der Waals surface area contributed by atoms with Crippen molar-refractivity contribution in [3.8, 4) is 11.4 Å². The predicted molar refractivity (Wildman–Crippen MR) is 101 cm³/mol. The first-order valence-electron chi connectivity index (χ1n) is 8.14. The van der Waals surface area contributed by atoms with Crippen LogP contribution >= 0.6 is 27.7 Å². The van der Waals surface area contributed by atoms with E-state index >= 15 is 0 Å². The van der Waals surface area contributed by atoms with Gasteiger partial charge in [-0.2, -0.15) is 0 Å². The number of halogens is 1. The van der Waals surface area contributed by atoms with E-state index in [1.54, 1.807) is 18.0 Å². The van der Waals surface area contributed by atoms with Crippen LogP contribution in [0.3, 0.4) is 0 Å². The number of rotatable bonds is 6. The molecule has 128 valence electrons. The van der Waals surface area contributed by atoms with Gasteiger partial charge in [0, 0.05) is 34.2 Å². The molecule has 3 aromatic rings. The van der Waals surface area contributed by atoms with Gasteiger partial charge in [0.25, 0.3) is 0 Å². The lowest BCUT2D eigenvalue weighted by Crippen LogP contribution is -2.04. The van der Waals surface area contributed by atoms with Gasteiger partial charge in [-0.25, -0.2) is 0 Å². The molecule has 1 aliphatic rings. The third kappa shape index (κ3) is 3.78. The average molecular weight is 417 g/mol. The van der Waals surface area contributed by atoms with Gasteiger partial charge < -0.3 is 5.11 Å². The molecule has 1 aliphatic carbocycles. The van der Waals surface area contributed by atoms with Gasteiger partial charge in [0.05, 0.1) is 6.10 Å². The summed E-state index contributed by atoms with van der Waals surface area (Å²) in [5.74, 6) is 1.39. The Morgan fingerprint density at radius 1 is 1.24 bits per heavy atom. The molecule has 25 heavy (non-hydrogen) atoms. The minimum absolute atomic E-state index is 0.454. The van der Waals surface area contributed by atoms with Crippen molar-refractivity contribution >= 4 is 27.7 Å². The van der Waals surface area contributed by atoms with Crippen LogP contribution in [-0.2, 0) is 0 Å². The zero-order valence-corrected chi connectivity index (χ0v) is 15.8. The summed E-state index contributed by atoms with van der Waals surface area (Å²) in [6.07, 6.45) is 5.31. The van der Waals surface area contributed by atoms with Crippen molar-refractivity contribution in [1.29, 1.82) is 0 Å². The highest BCUT2D eigenvalue weighted by Gasteiger charge is 2.30. The number of thioether (sulfide) groups is 1. The molecule has 1 fully saturated rings. The molecule has 0 saturated heterocycles. The molecule has 0 aliphatic heterocycles. The fourth-order valence-electron chi connectivity index (χ4n) is 2.69. The first kappa shape index (κ1) is 16.8. The standard InChI is InChI=1S/C18H17BrN4OS/c19-14-5-1-3-12(9-14)16(24)11-25-18-22-21-17(23(18)15-6-7-15)13-4-2-8-20-10-13/h1-5,8-10,15-16,24H,6-7,11H2. The Kier molecular flexibility index (Phi) is 4.87. The maximum atomic E-state index is 10.5. The SMILES string of the molecule is OC(CSc1nnc(-c2cccnc2)n1C1CC1)c1cccc(Br)c1. The summed E-state index contributed by atoms with van der Waals surface area (Å²) in [5, 5.41) is 20.1. The van der Waals surface area contributed by atoms with Crippen molar-refractivity contribution < 1.29 is 5.11 Å². The Morgan fingerprint density at radius 3 is 2.84 bits per heavy atom. The van der Waals surface area contributed by atoms with E-state index in [1.165, 1.54) is 0 Å². The summed E-state index contributed by atoms with van der Waals surface area (Å²) < 4.78 is 3.16. The van der Waals surface area contributed by atoms with Crippen LogP contribution in [0.15, 0.2) is 58.4 Å². The fourth-order valence-corrected chi connectivity index (χ4v) is 4.08. The molecule has 5 nitrogen and oxygen atoms in total. The number of hydrogen-bond acceptors (Lipinski definition) is 5. The lowest BCUT2D eigenvalue weighted by atomic mass is 10.1. The van der Waals surface area contributed by atoms with Gasteiger partial charge in [-0.1, -0.05) is 39.8 Å². The van der Waals surface area contributed by atoms with Crippen LogP contribution in [0.4, 0.5) is 0 Å². The smallest absolute Gasteiger partial charge is 0.191 e. The third-order valence-electron chi connectivity index (χ3n) is 4.10. The van der Waals surface area contributed by atoms with Crippen molar-refractivity contribution in [2.45, 2.75) is 30.1 Å². The van der Waals surface area contributed by atoms with Gasteiger partial charge in [-0.3, -0.25) is 9.55 Å². The highest BCUT2D eigenvalue weighted by Crippen LogP contribution is 2.41. The van der Waals surface area contributed by atoms with Crippen molar-refractivity contribution in [2.75, 3.05) is 5.75 Å². The molecule has 2 heterocycles. The van der Waals surface area contributed by atoms with Crippen LogP contribution in [0.25, 0.3) is 11.4 Å². The second-order valence-electron chi connectivity index (χ2n) is 6.03. The molecule has 0 spiro atoms. The zero-order chi connectivity index (χ0) is 17.2. The van der Waals surface area contributed by atoms with E-state index < -0.39 is 6.10 Å². The van der Waals surface area contributed by atoms with E-state index in [-0.39, 0.29) is 0 Å². The highest BCUT2D eigenvalue weighted by molar-refractivity contribution is 9.10. The molecule has 1 saturated carbocycles. The van der Waals surface area contributed by atoms with E-state index in [4.69, 9.17) is 0 Å². The van der Waals surface area contributed by atoms with Crippen LogP contribution < -0.4 is 0 Å². The normalized spacial score (nSPS) is 15.3. The minimum atomic E-state index is -0.548. The number of hydrogen-bond donors (Lipinski definition) is 1. The number of aliphatic hydroxyl groups excluding tert-OH is 1. The second-order valence-corrected chi connectivity index (χ2v) is 7.93. The van der Waals surface area contributed by atoms with Gasteiger partial charge in [0.2, 0.25) is 0 Å². The van der Waals surface area contributed by atoms with Gasteiger partial charge in [0.15, 0.2) is 11.0 Å². The monoisotopic (exact) mass is 416 g/mol. The number of benzene rings is 1. The molecular formula is C18H17BrN4OS. The molecule has 1 unspecified atom stereocenters. The van der Waals surface area contributed by atoms with Crippen LogP contribution in [0.5, 0.6) is 0 Å². The maximum Gasteiger partial charge on any atom is 0.191 e. The van der Waals surface area contributed by atoms with Crippen molar-refractivity contribution in [3.05, 3.63) is 58.8 Å². The van der Waals surface area contributed by atoms with Crippen LogP contribution in [0, 0.1) is 0 Å². The predicted octanol–water partition coefficient (Wildman–Crippen LogP) is 4.26. The van der Waals surface area contributed by atoms with Gasteiger partial charge in [-0.05, 0) is 42.7 Å². The lowest BCUT2D eigenvalue weighted by molar-refractivity contribution is 0.204. The number of aliphatic hydroxyl groups is 1. The minimum Gasteiger partial charge on any atom is -0.388 e. The molecule has 2 aromatic heterocycles. The first-order valence-corrected chi connectivity index (χ1v) is 9.92. The van der Waals surface area contributed by atoms with E-state index in [2.05, 4.69) is 35.7 Å². The number of aromatic nitrogens is 4. The van der Waals surface area contributed by atoms with Crippen LogP contribution in [0.1, 0.15) is 30.6 Å². The maximum absolute atomic E-state index is 10.5. The van der Waals surface area contributed by atoms with Crippen molar-refractivity contribution in [2.24, 2.45) is 0 Å². The highest BCUT2D eigenvalue weighted by atomic mass is 79.9. The Balaban J connectivity index is 1.54. The Hall–Kier alpha value is -1.70. The van der Waals surface area contributed by atoms with Crippen molar-refractivity contribution in [3.63, 3.8) is 0 Å². The lowest BCUT2D eigenvalue weighted by Gasteiger charge is -2.12. The van der Waals surface area contributed by atoms with Gasteiger partial charge in [0.1, 0.15) is 0 Å². The second kappa shape index (κ2) is 7.27. The molecule has 0 amide bonds. The molecule has 7 heteroatoms. The van der Waals surface area contributed by atoms with Crippen LogP contribution in [0.2, 0.25) is 0 Å². The van der Waals surface area contributed by atoms with Crippen molar-refractivity contribution in [1.82, 2.24) is 19.7 Å². The van der Waals surface area contributed by atoms with E-state index in [9.17, 15) is 5.11 Å². The molecule has 1 N–H and O–H groups in total. The molecule has 1 atom stereocenters. The third-order valence-corrected chi connectivity index (χ3v) is 5.61. The van der Waals surface area contributed by atoms with E-state index in [0.29, 0.717) is 11.8 Å².